The van der Waals surface area contributed by atoms with Gasteiger partial charge in [-0.15, -0.1) is 4.72 Å². The number of piperidine rings is 1. The summed E-state index contributed by atoms with van der Waals surface area (Å²) < 4.78 is 21.3. The summed E-state index contributed by atoms with van der Waals surface area (Å²) >= 11 is -1.08. The Kier molecular flexibility index (Phi) is 3.65. The summed E-state index contributed by atoms with van der Waals surface area (Å²) in [6.45, 7) is 8.07. The number of nitrogens with one attached hydrogen (secondary N) is 2. The Balaban J connectivity index is 1.87. The van der Waals surface area contributed by atoms with Crippen LogP contribution in [0.4, 0.5) is 0 Å². The summed E-state index contributed by atoms with van der Waals surface area (Å²) in [5.41, 5.74) is 1.46. The molecular weight excluding hydrogens is 272 g/mol. The van der Waals surface area contributed by atoms with Crippen molar-refractivity contribution in [3.05, 3.63) is 23.7 Å². The average Bonchev–Trinajstić information content (AvgIpc) is 2.91. The molecule has 1 fully saturated rings. The summed E-state index contributed by atoms with van der Waals surface area (Å²) in [6.07, 6.45) is 5.01. The molecule has 1 aliphatic heterocycles. The van der Waals surface area contributed by atoms with Gasteiger partial charge in [0.25, 0.3) is 0 Å². The topological polar surface area (TPSA) is 60.3 Å². The Labute approximate surface area is 124 Å². The molecule has 1 saturated heterocycles. The predicted molar refractivity (Wildman–Crippen MR) is 80.7 cm³/mol. The van der Waals surface area contributed by atoms with Crippen molar-refractivity contribution in [2.45, 2.75) is 50.8 Å². The Hall–Kier alpha value is -0.490. The molecule has 0 saturated carbocycles. The van der Waals surface area contributed by atoms with Crippen LogP contribution in [0.15, 0.2) is 16.7 Å². The lowest BCUT2D eigenvalue weighted by Gasteiger charge is -2.40. The first-order valence-electron chi connectivity index (χ1n) is 7.37. The lowest BCUT2D eigenvalue weighted by Crippen LogP contribution is -2.48. The van der Waals surface area contributed by atoms with Gasteiger partial charge in [-0.25, -0.2) is 0 Å². The molecule has 112 valence electrons. The molecule has 2 aliphatic rings. The first-order valence-corrected chi connectivity index (χ1v) is 8.52. The fourth-order valence-electron chi connectivity index (χ4n) is 3.36. The van der Waals surface area contributed by atoms with Gasteiger partial charge in [-0.3, -0.25) is 0 Å². The zero-order chi connectivity index (χ0) is 14.4. The van der Waals surface area contributed by atoms with Crippen LogP contribution in [0.3, 0.4) is 0 Å². The van der Waals surface area contributed by atoms with Gasteiger partial charge in [0.05, 0.1) is 6.26 Å². The number of rotatable bonds is 2. The first-order chi connectivity index (χ1) is 9.42. The van der Waals surface area contributed by atoms with E-state index in [1.807, 2.05) is 20.8 Å². The summed E-state index contributed by atoms with van der Waals surface area (Å²) in [5.74, 6) is 1.00. The van der Waals surface area contributed by atoms with E-state index in [0.717, 1.165) is 38.1 Å². The highest BCUT2D eigenvalue weighted by atomic mass is 32.2. The van der Waals surface area contributed by atoms with Crippen LogP contribution in [-0.4, -0.2) is 22.4 Å². The number of hydrogen-bond acceptors (Lipinski definition) is 4. The normalized spacial score (nSPS) is 26.7. The van der Waals surface area contributed by atoms with E-state index in [2.05, 4.69) is 16.1 Å². The van der Waals surface area contributed by atoms with Crippen molar-refractivity contribution in [3.63, 3.8) is 0 Å². The molecule has 1 aliphatic carbocycles. The number of furan rings is 1. The van der Waals surface area contributed by atoms with Crippen LogP contribution in [0.1, 0.15) is 51.0 Å². The van der Waals surface area contributed by atoms with E-state index in [4.69, 9.17) is 4.42 Å². The van der Waals surface area contributed by atoms with E-state index in [-0.39, 0.29) is 16.2 Å². The highest BCUT2D eigenvalue weighted by Crippen LogP contribution is 2.52. The van der Waals surface area contributed by atoms with Gasteiger partial charge in [0.1, 0.15) is 16.5 Å². The van der Waals surface area contributed by atoms with Crippen molar-refractivity contribution in [2.75, 3.05) is 13.1 Å². The fraction of sp³-hybridized carbons (Fsp3) is 0.733. The molecule has 20 heavy (non-hydrogen) atoms. The van der Waals surface area contributed by atoms with Gasteiger partial charge in [0.15, 0.2) is 0 Å². The van der Waals surface area contributed by atoms with Crippen LogP contribution in [-0.2, 0) is 17.8 Å². The van der Waals surface area contributed by atoms with Crippen LogP contribution in [0.25, 0.3) is 0 Å². The first kappa shape index (κ1) is 14.4. The predicted octanol–water partition coefficient (Wildman–Crippen LogP) is 2.30. The van der Waals surface area contributed by atoms with Crippen LogP contribution < -0.4 is 10.0 Å². The lowest BCUT2D eigenvalue weighted by atomic mass is 9.74. The molecule has 0 aromatic carbocycles. The molecule has 1 spiro atoms. The molecule has 5 heteroatoms. The molecule has 3 rings (SSSR count). The van der Waals surface area contributed by atoms with E-state index >= 15 is 0 Å². The number of hydrogen-bond donors (Lipinski definition) is 2. The quantitative estimate of drug-likeness (QED) is 0.822. The van der Waals surface area contributed by atoms with E-state index < -0.39 is 11.4 Å². The van der Waals surface area contributed by atoms with E-state index in [0.29, 0.717) is 0 Å². The maximum atomic E-state index is 12.5. The molecule has 2 atom stereocenters. The average molecular weight is 296 g/mol. The summed E-state index contributed by atoms with van der Waals surface area (Å²) in [4.78, 5) is 0. The van der Waals surface area contributed by atoms with Crippen LogP contribution in [0.2, 0.25) is 0 Å². The summed E-state index contributed by atoms with van der Waals surface area (Å²) in [5, 5.41) is 3.42. The third-order valence-electron chi connectivity index (χ3n) is 4.58. The SMILES string of the molecule is CC(C)(C)[S+]([O-])N[C@@H]1c2occc2CC12CCNCC2. The zero-order valence-electron chi connectivity index (χ0n) is 12.5. The van der Waals surface area contributed by atoms with Crippen molar-refractivity contribution in [1.82, 2.24) is 10.0 Å². The minimum atomic E-state index is -1.08. The van der Waals surface area contributed by atoms with Crippen molar-refractivity contribution in [3.8, 4) is 0 Å². The molecule has 4 nitrogen and oxygen atoms in total. The molecule has 0 radical (unpaired) electrons. The van der Waals surface area contributed by atoms with Gasteiger partial charge in [0.2, 0.25) is 0 Å². The Morgan fingerprint density at radius 1 is 1.40 bits per heavy atom. The molecule has 2 N–H and O–H groups in total. The fourth-order valence-corrected chi connectivity index (χ4v) is 4.28. The second kappa shape index (κ2) is 5.05. The standard InChI is InChI=1S/C15H24N2O2S/c1-14(2,3)20(18)17-13-12-11(4-9-19-12)10-15(13)5-7-16-8-6-15/h4,9,13,16-17H,5-8,10H2,1-3H3/t13-,20?/m1/s1. The lowest BCUT2D eigenvalue weighted by molar-refractivity contribution is 0.152. The smallest absolute Gasteiger partial charge is 0.136 e. The Morgan fingerprint density at radius 3 is 2.75 bits per heavy atom. The second-order valence-corrected chi connectivity index (χ2v) is 9.03. The van der Waals surface area contributed by atoms with Gasteiger partial charge in [0, 0.05) is 16.8 Å². The molecule has 0 amide bonds. The minimum absolute atomic E-state index is 0.0784. The van der Waals surface area contributed by atoms with E-state index in [1.54, 1.807) is 6.26 Å². The maximum Gasteiger partial charge on any atom is 0.136 e. The maximum absolute atomic E-state index is 12.5. The van der Waals surface area contributed by atoms with Crippen LogP contribution >= 0.6 is 0 Å². The minimum Gasteiger partial charge on any atom is -0.598 e. The molecule has 0 bridgehead atoms. The summed E-state index contributed by atoms with van der Waals surface area (Å²) in [7, 11) is 0. The van der Waals surface area contributed by atoms with Gasteiger partial charge >= 0.3 is 0 Å². The molecule has 1 aromatic rings. The molecule has 1 unspecified atom stereocenters. The highest BCUT2D eigenvalue weighted by Gasteiger charge is 2.51. The van der Waals surface area contributed by atoms with Crippen molar-refractivity contribution >= 4 is 11.4 Å². The molecular formula is C15H24N2O2S. The molecule has 1 aromatic heterocycles. The molecule has 2 heterocycles. The van der Waals surface area contributed by atoms with Crippen molar-refractivity contribution in [1.29, 1.82) is 0 Å². The number of fused-ring (bicyclic) bond motifs is 1. The van der Waals surface area contributed by atoms with Crippen molar-refractivity contribution in [2.24, 2.45) is 5.41 Å². The van der Waals surface area contributed by atoms with Crippen LogP contribution in [0, 0.1) is 5.41 Å². The van der Waals surface area contributed by atoms with Gasteiger partial charge in [-0.05, 0) is 64.8 Å². The van der Waals surface area contributed by atoms with Gasteiger partial charge in [-0.1, -0.05) is 0 Å². The van der Waals surface area contributed by atoms with E-state index in [1.165, 1.54) is 5.56 Å². The highest BCUT2D eigenvalue weighted by molar-refractivity contribution is 7.90. The largest absolute Gasteiger partial charge is 0.598 e. The zero-order valence-corrected chi connectivity index (χ0v) is 13.3. The van der Waals surface area contributed by atoms with Crippen LogP contribution in [0.5, 0.6) is 0 Å². The Bertz CT molecular complexity index is 474. The van der Waals surface area contributed by atoms with E-state index in [9.17, 15) is 4.55 Å². The summed E-state index contributed by atoms with van der Waals surface area (Å²) in [6, 6.07) is 2.15. The Morgan fingerprint density at radius 2 is 2.10 bits per heavy atom. The van der Waals surface area contributed by atoms with Gasteiger partial charge in [-0.2, -0.15) is 0 Å². The second-order valence-electron chi connectivity index (χ2n) is 7.03. The van der Waals surface area contributed by atoms with Gasteiger partial charge < -0.3 is 14.3 Å². The third kappa shape index (κ3) is 2.41. The van der Waals surface area contributed by atoms with Crippen molar-refractivity contribution < 1.29 is 8.97 Å². The third-order valence-corrected chi connectivity index (χ3v) is 6.14. The monoisotopic (exact) mass is 296 g/mol.